The standard InChI is InChI=1S/C38H34N6O6S/c45-23-25-9-11-26(12-10-25)35-22-34(24-51-38-41-42-43-44(38)30-15-17-31(46)18-16-30)49-36(50-35)27-5-4-6-29(21-27)40-37(47)39-28-13-19-33(20-14-28)48-32-7-2-1-3-8-32/h1-21,34-36,45-46H,22-24H2,(H2,39,40,47)/t34-,35+,36+/m0/s1. The zero-order chi connectivity index (χ0) is 35.0. The Morgan fingerprint density at radius 2 is 1.57 bits per heavy atom. The summed E-state index contributed by atoms with van der Waals surface area (Å²) in [5.41, 5.74) is 4.39. The van der Waals surface area contributed by atoms with Gasteiger partial charge in [-0.2, -0.15) is 4.68 Å². The highest BCUT2D eigenvalue weighted by molar-refractivity contribution is 7.99. The number of benzene rings is 5. The second-order valence-corrected chi connectivity index (χ2v) is 12.7. The van der Waals surface area contributed by atoms with E-state index >= 15 is 0 Å². The zero-order valence-electron chi connectivity index (χ0n) is 27.2. The molecule has 13 heteroatoms. The van der Waals surface area contributed by atoms with Gasteiger partial charge < -0.3 is 35.1 Å². The van der Waals surface area contributed by atoms with Crippen molar-refractivity contribution >= 4 is 29.2 Å². The van der Waals surface area contributed by atoms with Gasteiger partial charge in [0.2, 0.25) is 5.16 Å². The lowest BCUT2D eigenvalue weighted by Crippen LogP contribution is -2.31. The molecule has 12 nitrogen and oxygen atoms in total. The number of phenolic OH excluding ortho intramolecular Hbond substituents is 1. The molecule has 0 radical (unpaired) electrons. The quantitative estimate of drug-likeness (QED) is 0.0992. The Labute approximate surface area is 298 Å². The summed E-state index contributed by atoms with van der Waals surface area (Å²) in [4.78, 5) is 13.0. The van der Waals surface area contributed by atoms with Crippen LogP contribution in [-0.4, -0.2) is 48.3 Å². The van der Waals surface area contributed by atoms with Gasteiger partial charge >= 0.3 is 6.03 Å². The van der Waals surface area contributed by atoms with Gasteiger partial charge in [0.1, 0.15) is 17.2 Å². The molecule has 2 amide bonds. The molecular formula is C38H34N6O6S. The topological polar surface area (TPSA) is 153 Å². The van der Waals surface area contributed by atoms with Gasteiger partial charge in [-0.05, 0) is 94.4 Å². The van der Waals surface area contributed by atoms with Crippen LogP contribution in [0.1, 0.15) is 35.5 Å². The SMILES string of the molecule is O=C(Nc1ccc(Oc2ccccc2)cc1)Nc1cccc([C@@H]2O[C@H](CSc3nnnn3-c3ccc(O)cc3)C[C@H](c3ccc(CO)cc3)O2)c1. The highest BCUT2D eigenvalue weighted by Gasteiger charge is 2.33. The number of aromatic hydroxyl groups is 1. The number of ether oxygens (including phenoxy) is 3. The molecule has 0 spiro atoms. The molecule has 5 aromatic carbocycles. The molecule has 1 aliphatic rings. The maximum atomic E-state index is 13.0. The average molecular weight is 703 g/mol. The first kappa shape index (κ1) is 33.8. The summed E-state index contributed by atoms with van der Waals surface area (Å²) in [6, 6.07) is 37.8. The number of para-hydroxylation sites is 1. The number of nitrogens with one attached hydrogen (secondary N) is 2. The van der Waals surface area contributed by atoms with Crippen LogP contribution < -0.4 is 15.4 Å². The highest BCUT2D eigenvalue weighted by atomic mass is 32.2. The van der Waals surface area contributed by atoms with Gasteiger partial charge in [0.15, 0.2) is 6.29 Å². The van der Waals surface area contributed by atoms with Gasteiger partial charge in [0.25, 0.3) is 0 Å². The summed E-state index contributed by atoms with van der Waals surface area (Å²) in [7, 11) is 0. The molecule has 3 atom stereocenters. The molecular weight excluding hydrogens is 669 g/mol. The number of anilines is 2. The van der Waals surface area contributed by atoms with Gasteiger partial charge in [-0.1, -0.05) is 66.4 Å². The summed E-state index contributed by atoms with van der Waals surface area (Å²) in [6.07, 6.45) is -0.723. The van der Waals surface area contributed by atoms with Crippen LogP contribution in [0.2, 0.25) is 0 Å². The van der Waals surface area contributed by atoms with E-state index in [0.717, 1.165) is 28.1 Å². The lowest BCUT2D eigenvalue weighted by Gasteiger charge is -2.36. The third kappa shape index (κ3) is 8.71. The fourth-order valence-corrected chi connectivity index (χ4v) is 6.41. The number of hydrogen-bond acceptors (Lipinski definition) is 10. The number of nitrogens with zero attached hydrogens (tertiary/aromatic N) is 4. The van der Waals surface area contributed by atoms with Crippen molar-refractivity contribution in [3.8, 4) is 22.9 Å². The number of phenols is 1. The Hall–Kier alpha value is -5.73. The van der Waals surface area contributed by atoms with Crippen LogP contribution in [0.3, 0.4) is 0 Å². The minimum absolute atomic E-state index is 0.0477. The molecule has 51 heavy (non-hydrogen) atoms. The van der Waals surface area contributed by atoms with Crippen molar-refractivity contribution in [3.05, 3.63) is 144 Å². The van der Waals surface area contributed by atoms with Gasteiger partial charge in [0.05, 0.1) is 24.5 Å². The van der Waals surface area contributed by atoms with E-state index in [2.05, 4.69) is 26.2 Å². The van der Waals surface area contributed by atoms with Crippen LogP contribution in [0.15, 0.2) is 133 Å². The first-order chi connectivity index (χ1) is 25.0. The van der Waals surface area contributed by atoms with Crippen LogP contribution in [-0.2, 0) is 16.1 Å². The van der Waals surface area contributed by atoms with Crippen molar-refractivity contribution in [2.75, 3.05) is 16.4 Å². The zero-order valence-corrected chi connectivity index (χ0v) is 28.0. The molecule has 1 aromatic heterocycles. The van der Waals surface area contributed by atoms with E-state index in [4.69, 9.17) is 14.2 Å². The summed E-state index contributed by atoms with van der Waals surface area (Å²) >= 11 is 1.45. The average Bonchev–Trinajstić information content (AvgIpc) is 3.64. The van der Waals surface area contributed by atoms with Gasteiger partial charge in [0, 0.05) is 29.1 Å². The third-order valence-corrected chi connectivity index (χ3v) is 9.11. The Morgan fingerprint density at radius 1 is 0.824 bits per heavy atom. The Kier molecular flexibility index (Phi) is 10.5. The molecule has 1 saturated heterocycles. The monoisotopic (exact) mass is 702 g/mol. The molecule has 0 bridgehead atoms. The Bertz CT molecular complexity index is 2050. The highest BCUT2D eigenvalue weighted by Crippen LogP contribution is 2.40. The number of aliphatic hydroxyl groups is 1. The predicted molar refractivity (Wildman–Crippen MR) is 192 cm³/mol. The van der Waals surface area contributed by atoms with Gasteiger partial charge in [-0.3, -0.25) is 0 Å². The maximum absolute atomic E-state index is 13.0. The number of aliphatic hydroxyl groups excluding tert-OH is 1. The normalized spacial score (nSPS) is 17.1. The van der Waals surface area contributed by atoms with E-state index in [0.29, 0.717) is 34.5 Å². The number of rotatable bonds is 11. The summed E-state index contributed by atoms with van der Waals surface area (Å²) < 4.78 is 20.5. The van der Waals surface area contributed by atoms with Crippen molar-refractivity contribution in [2.24, 2.45) is 0 Å². The van der Waals surface area contributed by atoms with Gasteiger partial charge in [-0.25, -0.2) is 4.79 Å². The lowest BCUT2D eigenvalue weighted by atomic mass is 10.0. The molecule has 1 fully saturated rings. The maximum Gasteiger partial charge on any atom is 0.323 e. The van der Waals surface area contributed by atoms with Crippen molar-refractivity contribution in [3.63, 3.8) is 0 Å². The number of aromatic nitrogens is 4. The molecule has 0 unspecified atom stereocenters. The first-order valence-electron chi connectivity index (χ1n) is 16.2. The Balaban J connectivity index is 1.03. The molecule has 7 rings (SSSR count). The number of tetrazole rings is 1. The minimum Gasteiger partial charge on any atom is -0.508 e. The summed E-state index contributed by atoms with van der Waals surface area (Å²) in [6.45, 7) is -0.0477. The largest absolute Gasteiger partial charge is 0.508 e. The number of hydrogen-bond donors (Lipinski definition) is 4. The number of urea groups is 1. The van der Waals surface area contributed by atoms with E-state index in [1.54, 1.807) is 59.3 Å². The van der Waals surface area contributed by atoms with Crippen molar-refractivity contribution in [1.29, 1.82) is 0 Å². The van der Waals surface area contributed by atoms with Crippen molar-refractivity contribution in [1.82, 2.24) is 20.2 Å². The second kappa shape index (κ2) is 15.9. The van der Waals surface area contributed by atoms with Crippen LogP contribution in [0.25, 0.3) is 5.69 Å². The molecule has 1 aliphatic heterocycles. The molecule has 0 saturated carbocycles. The third-order valence-electron chi connectivity index (χ3n) is 8.06. The van der Waals surface area contributed by atoms with Crippen LogP contribution in [0.4, 0.5) is 16.2 Å². The van der Waals surface area contributed by atoms with E-state index in [9.17, 15) is 15.0 Å². The van der Waals surface area contributed by atoms with Crippen LogP contribution in [0, 0.1) is 0 Å². The molecule has 2 heterocycles. The number of carbonyl (C=O) groups is 1. The van der Waals surface area contributed by atoms with Crippen LogP contribution in [0.5, 0.6) is 17.2 Å². The van der Waals surface area contributed by atoms with Crippen molar-refractivity contribution in [2.45, 2.75) is 36.7 Å². The fourth-order valence-electron chi connectivity index (χ4n) is 5.50. The number of amides is 2. The van der Waals surface area contributed by atoms with Crippen molar-refractivity contribution < 1.29 is 29.2 Å². The number of carbonyl (C=O) groups excluding carboxylic acids is 1. The second-order valence-electron chi connectivity index (χ2n) is 11.7. The predicted octanol–water partition coefficient (Wildman–Crippen LogP) is 7.63. The van der Waals surface area contributed by atoms with Gasteiger partial charge in [-0.15, -0.1) is 5.10 Å². The van der Waals surface area contributed by atoms with E-state index in [1.807, 2.05) is 72.8 Å². The fraction of sp³-hybridized carbons (Fsp3) is 0.158. The molecule has 258 valence electrons. The van der Waals surface area contributed by atoms with E-state index < -0.39 is 12.3 Å². The summed E-state index contributed by atoms with van der Waals surface area (Å²) in [5.74, 6) is 2.06. The summed E-state index contributed by atoms with van der Waals surface area (Å²) in [5, 5.41) is 37.8. The van der Waals surface area contributed by atoms with E-state index in [1.165, 1.54) is 11.8 Å². The molecule has 6 aromatic rings. The smallest absolute Gasteiger partial charge is 0.323 e. The lowest BCUT2D eigenvalue weighted by molar-refractivity contribution is -0.245. The van der Waals surface area contributed by atoms with Crippen LogP contribution >= 0.6 is 11.8 Å². The molecule has 4 N–H and O–H groups in total. The Morgan fingerprint density at radius 3 is 2.33 bits per heavy atom. The number of thioether (sulfide) groups is 1. The van der Waals surface area contributed by atoms with E-state index in [-0.39, 0.29) is 24.6 Å². The first-order valence-corrected chi connectivity index (χ1v) is 17.2. The molecule has 0 aliphatic carbocycles. The minimum atomic E-state index is -0.734.